The highest BCUT2D eigenvalue weighted by Gasteiger charge is 2.23. The molecule has 0 saturated carbocycles. The Kier molecular flexibility index (Phi) is 5.75. The summed E-state index contributed by atoms with van der Waals surface area (Å²) in [7, 11) is 1.55. The van der Waals surface area contributed by atoms with Gasteiger partial charge in [0.2, 0.25) is 5.91 Å². The molecule has 3 rings (SSSR count). The Morgan fingerprint density at radius 1 is 1.22 bits per heavy atom. The summed E-state index contributed by atoms with van der Waals surface area (Å²) in [5.41, 5.74) is 2.69. The Balaban J connectivity index is 1.75. The molecule has 0 radical (unpaired) electrons. The molecule has 144 valence electrons. The molecule has 8 heteroatoms. The Labute approximate surface area is 158 Å². The molecule has 1 aliphatic heterocycles. The van der Waals surface area contributed by atoms with E-state index in [1.54, 1.807) is 31.1 Å². The lowest BCUT2D eigenvalue weighted by Gasteiger charge is -2.26. The van der Waals surface area contributed by atoms with Crippen molar-refractivity contribution in [1.82, 2.24) is 14.7 Å². The highest BCUT2D eigenvalue weighted by atomic mass is 16.5. The molecule has 0 unspecified atom stereocenters. The third kappa shape index (κ3) is 4.46. The summed E-state index contributed by atoms with van der Waals surface area (Å²) in [6.45, 7) is 5.79. The second-order valence-corrected chi connectivity index (χ2v) is 6.49. The third-order valence-corrected chi connectivity index (χ3v) is 4.34. The second kappa shape index (κ2) is 8.22. The molecule has 2 heterocycles. The van der Waals surface area contributed by atoms with Gasteiger partial charge >= 0.3 is 0 Å². The summed E-state index contributed by atoms with van der Waals surface area (Å²) < 4.78 is 12.0. The van der Waals surface area contributed by atoms with E-state index in [0.29, 0.717) is 49.1 Å². The Morgan fingerprint density at radius 3 is 2.67 bits per heavy atom. The Bertz CT molecular complexity index is 840. The normalized spacial score (nSPS) is 14.1. The SMILES string of the molecule is COc1ccc(C)cc1NC(=O)Cn1nc(C)cc1C(=O)N1CCOCC1. The number of ether oxygens (including phenoxy) is 2. The predicted octanol–water partition coefficient (Wildman–Crippen LogP) is 1.62. The third-order valence-electron chi connectivity index (χ3n) is 4.34. The first-order valence-electron chi connectivity index (χ1n) is 8.84. The number of aryl methyl sites for hydroxylation is 2. The van der Waals surface area contributed by atoms with Crippen LogP contribution in [0, 0.1) is 13.8 Å². The summed E-state index contributed by atoms with van der Waals surface area (Å²) in [5.74, 6) is 0.160. The summed E-state index contributed by atoms with van der Waals surface area (Å²) in [6.07, 6.45) is 0. The number of carbonyl (C=O) groups excluding carboxylic acids is 2. The van der Waals surface area contributed by atoms with E-state index >= 15 is 0 Å². The lowest BCUT2D eigenvalue weighted by atomic mass is 10.2. The van der Waals surface area contributed by atoms with E-state index in [-0.39, 0.29) is 18.4 Å². The summed E-state index contributed by atoms with van der Waals surface area (Å²) in [6, 6.07) is 7.25. The Morgan fingerprint density at radius 2 is 1.96 bits per heavy atom. The van der Waals surface area contributed by atoms with Crippen molar-refractivity contribution in [2.45, 2.75) is 20.4 Å². The van der Waals surface area contributed by atoms with Crippen molar-refractivity contribution >= 4 is 17.5 Å². The smallest absolute Gasteiger partial charge is 0.272 e. The van der Waals surface area contributed by atoms with Gasteiger partial charge in [-0.2, -0.15) is 5.10 Å². The van der Waals surface area contributed by atoms with Gasteiger partial charge in [-0.3, -0.25) is 14.3 Å². The number of benzene rings is 1. The van der Waals surface area contributed by atoms with Crippen molar-refractivity contribution in [1.29, 1.82) is 0 Å². The first-order chi connectivity index (χ1) is 13.0. The van der Waals surface area contributed by atoms with Crippen LogP contribution in [-0.4, -0.2) is 59.9 Å². The zero-order chi connectivity index (χ0) is 19.4. The van der Waals surface area contributed by atoms with Crippen LogP contribution in [0.2, 0.25) is 0 Å². The van der Waals surface area contributed by atoms with Crippen LogP contribution in [0.4, 0.5) is 5.69 Å². The number of anilines is 1. The minimum atomic E-state index is -0.280. The Hall–Kier alpha value is -2.87. The average molecular weight is 372 g/mol. The van der Waals surface area contributed by atoms with E-state index in [9.17, 15) is 9.59 Å². The van der Waals surface area contributed by atoms with Crippen LogP contribution >= 0.6 is 0 Å². The minimum absolute atomic E-state index is 0.0592. The van der Waals surface area contributed by atoms with Gasteiger partial charge in [0, 0.05) is 13.1 Å². The van der Waals surface area contributed by atoms with Crippen LogP contribution in [0.15, 0.2) is 24.3 Å². The topological polar surface area (TPSA) is 85.7 Å². The number of methoxy groups -OCH3 is 1. The molecule has 1 aliphatic rings. The molecule has 27 heavy (non-hydrogen) atoms. The molecular formula is C19H24N4O4. The molecule has 0 atom stereocenters. The molecule has 8 nitrogen and oxygen atoms in total. The van der Waals surface area contributed by atoms with Gasteiger partial charge in [0.15, 0.2) is 0 Å². The predicted molar refractivity (Wildman–Crippen MR) is 100 cm³/mol. The van der Waals surface area contributed by atoms with Crippen molar-refractivity contribution in [2.75, 3.05) is 38.7 Å². The molecule has 2 aromatic rings. The second-order valence-electron chi connectivity index (χ2n) is 6.49. The largest absolute Gasteiger partial charge is 0.495 e. The highest BCUT2D eigenvalue weighted by Crippen LogP contribution is 2.25. The number of nitrogens with one attached hydrogen (secondary N) is 1. The number of amides is 2. The van der Waals surface area contributed by atoms with Crippen molar-refractivity contribution in [2.24, 2.45) is 0 Å². The summed E-state index contributed by atoms with van der Waals surface area (Å²) in [4.78, 5) is 27.0. The van der Waals surface area contributed by atoms with Gasteiger partial charge in [-0.15, -0.1) is 0 Å². The van der Waals surface area contributed by atoms with E-state index in [2.05, 4.69) is 10.4 Å². The highest BCUT2D eigenvalue weighted by molar-refractivity contribution is 5.95. The van der Waals surface area contributed by atoms with Crippen LogP contribution in [0.5, 0.6) is 5.75 Å². The molecule has 0 bridgehead atoms. The maximum Gasteiger partial charge on any atom is 0.272 e. The standard InChI is InChI=1S/C19H24N4O4/c1-13-4-5-17(26-3)15(10-13)20-18(24)12-23-16(11-14(2)21-23)19(25)22-6-8-27-9-7-22/h4-5,10-11H,6-9,12H2,1-3H3,(H,20,24). The van der Waals surface area contributed by atoms with E-state index in [1.165, 1.54) is 4.68 Å². The maximum atomic E-state index is 12.8. The van der Waals surface area contributed by atoms with Gasteiger partial charge in [0.1, 0.15) is 18.0 Å². The molecular weight excluding hydrogens is 348 g/mol. The van der Waals surface area contributed by atoms with Gasteiger partial charge in [-0.05, 0) is 37.6 Å². The summed E-state index contributed by atoms with van der Waals surface area (Å²) >= 11 is 0. The van der Waals surface area contributed by atoms with Gasteiger partial charge < -0.3 is 19.7 Å². The van der Waals surface area contributed by atoms with E-state index < -0.39 is 0 Å². The van der Waals surface area contributed by atoms with E-state index in [0.717, 1.165) is 5.56 Å². The number of morpholine rings is 1. The fraction of sp³-hybridized carbons (Fsp3) is 0.421. The van der Waals surface area contributed by atoms with Crippen LogP contribution in [0.3, 0.4) is 0 Å². The van der Waals surface area contributed by atoms with Crippen molar-refractivity contribution in [3.8, 4) is 5.75 Å². The average Bonchev–Trinajstić information content (AvgIpc) is 3.02. The van der Waals surface area contributed by atoms with E-state index in [4.69, 9.17) is 9.47 Å². The van der Waals surface area contributed by atoms with Gasteiger partial charge in [-0.1, -0.05) is 6.07 Å². The fourth-order valence-electron chi connectivity index (χ4n) is 3.01. The number of carbonyl (C=O) groups is 2. The van der Waals surface area contributed by atoms with Gasteiger partial charge in [-0.25, -0.2) is 0 Å². The molecule has 0 aliphatic carbocycles. The lowest BCUT2D eigenvalue weighted by molar-refractivity contribution is -0.116. The molecule has 1 aromatic heterocycles. The van der Waals surface area contributed by atoms with Crippen LogP contribution in [0.25, 0.3) is 0 Å². The van der Waals surface area contributed by atoms with Gasteiger partial charge in [0.05, 0.1) is 31.7 Å². The van der Waals surface area contributed by atoms with Crippen LogP contribution in [-0.2, 0) is 16.1 Å². The zero-order valence-electron chi connectivity index (χ0n) is 15.8. The van der Waals surface area contributed by atoms with Crippen molar-refractivity contribution in [3.63, 3.8) is 0 Å². The number of rotatable bonds is 5. The molecule has 1 N–H and O–H groups in total. The number of aromatic nitrogens is 2. The monoisotopic (exact) mass is 372 g/mol. The molecule has 1 saturated heterocycles. The van der Waals surface area contributed by atoms with Gasteiger partial charge in [0.25, 0.3) is 5.91 Å². The lowest BCUT2D eigenvalue weighted by Crippen LogP contribution is -2.41. The summed E-state index contributed by atoms with van der Waals surface area (Å²) in [5, 5.41) is 7.15. The number of nitrogens with zero attached hydrogens (tertiary/aromatic N) is 3. The molecule has 0 spiro atoms. The molecule has 2 amide bonds. The van der Waals surface area contributed by atoms with Crippen molar-refractivity contribution in [3.05, 3.63) is 41.2 Å². The quantitative estimate of drug-likeness (QED) is 0.862. The number of hydrogen-bond acceptors (Lipinski definition) is 5. The first kappa shape index (κ1) is 18.9. The maximum absolute atomic E-state index is 12.8. The van der Waals surface area contributed by atoms with Crippen LogP contribution < -0.4 is 10.1 Å². The molecule has 1 fully saturated rings. The zero-order valence-corrected chi connectivity index (χ0v) is 15.8. The van der Waals surface area contributed by atoms with Crippen molar-refractivity contribution < 1.29 is 19.1 Å². The minimum Gasteiger partial charge on any atom is -0.495 e. The number of hydrogen-bond donors (Lipinski definition) is 1. The van der Waals surface area contributed by atoms with E-state index in [1.807, 2.05) is 19.1 Å². The fourth-order valence-corrected chi connectivity index (χ4v) is 3.01. The molecule has 1 aromatic carbocycles. The van der Waals surface area contributed by atoms with Crippen LogP contribution in [0.1, 0.15) is 21.7 Å². The first-order valence-corrected chi connectivity index (χ1v) is 8.84.